The Hall–Kier alpha value is -3.09. The Labute approximate surface area is 157 Å². The fraction of sp³-hybridized carbons (Fsp3) is 0.350. The van der Waals surface area contributed by atoms with Gasteiger partial charge in [-0.05, 0) is 23.8 Å². The third kappa shape index (κ3) is 3.20. The SMILES string of the molecule is COc1ccc(C[C@H]2OC(=O)c3c2cc(OC)c(OC)c3OC)cc1OC. The van der Waals surface area contributed by atoms with E-state index in [1.165, 1.54) is 21.3 Å². The van der Waals surface area contributed by atoms with Crippen LogP contribution in [0.5, 0.6) is 28.7 Å². The van der Waals surface area contributed by atoms with Crippen LogP contribution in [0.2, 0.25) is 0 Å². The molecule has 1 atom stereocenters. The highest BCUT2D eigenvalue weighted by molar-refractivity contribution is 5.98. The standard InChI is InChI=1S/C20H22O7/c1-22-13-7-6-11(9-15(13)23-2)8-14-12-10-16(24-3)18(25-4)19(26-5)17(12)20(21)27-14/h6-7,9-10,14H,8H2,1-5H3/t14-/m1/s1. The minimum atomic E-state index is -0.473. The number of cyclic esters (lactones) is 1. The second-order valence-electron chi connectivity index (χ2n) is 5.90. The van der Waals surface area contributed by atoms with Gasteiger partial charge in [-0.1, -0.05) is 6.07 Å². The predicted octanol–water partition coefficient (Wildman–Crippen LogP) is 3.18. The van der Waals surface area contributed by atoms with Crippen molar-refractivity contribution in [1.82, 2.24) is 0 Å². The number of hydrogen-bond donors (Lipinski definition) is 0. The minimum absolute atomic E-state index is 0.312. The highest BCUT2D eigenvalue weighted by Gasteiger charge is 2.37. The first-order chi connectivity index (χ1) is 13.1. The van der Waals surface area contributed by atoms with Gasteiger partial charge in [0.15, 0.2) is 23.0 Å². The number of carbonyl (C=O) groups is 1. The van der Waals surface area contributed by atoms with Gasteiger partial charge >= 0.3 is 5.97 Å². The summed E-state index contributed by atoms with van der Waals surface area (Å²) < 4.78 is 32.4. The lowest BCUT2D eigenvalue weighted by molar-refractivity contribution is 0.0385. The number of ether oxygens (including phenoxy) is 6. The van der Waals surface area contributed by atoms with Crippen LogP contribution in [0.1, 0.15) is 27.6 Å². The molecular formula is C20H22O7. The zero-order valence-corrected chi connectivity index (χ0v) is 16.0. The van der Waals surface area contributed by atoms with Gasteiger partial charge in [0.05, 0.1) is 35.5 Å². The number of benzene rings is 2. The fourth-order valence-electron chi connectivity index (χ4n) is 3.26. The van der Waals surface area contributed by atoms with Crippen LogP contribution in [0.15, 0.2) is 24.3 Å². The quantitative estimate of drug-likeness (QED) is 0.689. The summed E-state index contributed by atoms with van der Waals surface area (Å²) in [7, 11) is 7.67. The van der Waals surface area contributed by atoms with Crippen LogP contribution in [0.4, 0.5) is 0 Å². The van der Waals surface area contributed by atoms with Gasteiger partial charge in [0, 0.05) is 12.0 Å². The lowest BCUT2D eigenvalue weighted by Crippen LogP contribution is -2.03. The van der Waals surface area contributed by atoms with Crippen LogP contribution in [0, 0.1) is 0 Å². The highest BCUT2D eigenvalue weighted by Crippen LogP contribution is 2.48. The molecule has 0 spiro atoms. The Balaban J connectivity index is 2.01. The molecule has 1 heterocycles. The van der Waals surface area contributed by atoms with E-state index in [0.717, 1.165) is 5.56 Å². The molecule has 2 aromatic carbocycles. The molecule has 3 rings (SSSR count). The largest absolute Gasteiger partial charge is 0.493 e. The summed E-state index contributed by atoms with van der Waals surface area (Å²) in [6, 6.07) is 7.35. The zero-order valence-electron chi connectivity index (χ0n) is 16.0. The molecule has 0 saturated heterocycles. The minimum Gasteiger partial charge on any atom is -0.493 e. The Morgan fingerprint density at radius 1 is 0.815 bits per heavy atom. The van der Waals surface area contributed by atoms with E-state index < -0.39 is 12.1 Å². The van der Waals surface area contributed by atoms with Gasteiger partial charge in [0.25, 0.3) is 0 Å². The molecule has 7 nitrogen and oxygen atoms in total. The van der Waals surface area contributed by atoms with E-state index in [1.54, 1.807) is 20.3 Å². The monoisotopic (exact) mass is 374 g/mol. The highest BCUT2D eigenvalue weighted by atomic mass is 16.6. The van der Waals surface area contributed by atoms with Crippen LogP contribution < -0.4 is 23.7 Å². The third-order valence-corrected chi connectivity index (χ3v) is 4.53. The zero-order chi connectivity index (χ0) is 19.6. The number of carbonyl (C=O) groups excluding carboxylic acids is 1. The summed E-state index contributed by atoms with van der Waals surface area (Å²) in [6.45, 7) is 0. The first-order valence-electron chi connectivity index (χ1n) is 8.32. The van der Waals surface area contributed by atoms with Crippen molar-refractivity contribution in [3.05, 3.63) is 41.0 Å². The van der Waals surface area contributed by atoms with Gasteiger partial charge in [-0.15, -0.1) is 0 Å². The summed E-state index contributed by atoms with van der Waals surface area (Å²) in [4.78, 5) is 12.5. The fourth-order valence-corrected chi connectivity index (χ4v) is 3.26. The first-order valence-corrected chi connectivity index (χ1v) is 8.32. The number of fused-ring (bicyclic) bond motifs is 1. The van der Waals surface area contributed by atoms with Crippen molar-refractivity contribution in [3.8, 4) is 28.7 Å². The maximum absolute atomic E-state index is 12.5. The molecule has 0 fully saturated rings. The maximum atomic E-state index is 12.5. The molecule has 1 aliphatic rings. The number of methoxy groups -OCH3 is 5. The normalized spacial score (nSPS) is 15.0. The van der Waals surface area contributed by atoms with Crippen LogP contribution in [-0.2, 0) is 11.2 Å². The lowest BCUT2D eigenvalue weighted by Gasteiger charge is -2.16. The lowest BCUT2D eigenvalue weighted by atomic mass is 9.97. The van der Waals surface area contributed by atoms with Crippen molar-refractivity contribution in [3.63, 3.8) is 0 Å². The van der Waals surface area contributed by atoms with E-state index in [0.29, 0.717) is 46.3 Å². The van der Waals surface area contributed by atoms with Crippen molar-refractivity contribution in [2.24, 2.45) is 0 Å². The van der Waals surface area contributed by atoms with Crippen molar-refractivity contribution in [1.29, 1.82) is 0 Å². The first kappa shape index (κ1) is 18.7. The average Bonchev–Trinajstić information content (AvgIpc) is 3.01. The molecule has 0 unspecified atom stereocenters. The molecule has 0 bridgehead atoms. The predicted molar refractivity (Wildman–Crippen MR) is 97.5 cm³/mol. The van der Waals surface area contributed by atoms with Crippen LogP contribution in [-0.4, -0.2) is 41.5 Å². The molecule has 2 aromatic rings. The summed E-state index contributed by atoms with van der Waals surface area (Å²) in [5.74, 6) is 1.95. The van der Waals surface area contributed by atoms with Gasteiger partial charge in [-0.25, -0.2) is 4.79 Å². The Bertz CT molecular complexity index is 860. The van der Waals surface area contributed by atoms with Gasteiger partial charge < -0.3 is 28.4 Å². The Morgan fingerprint density at radius 3 is 2.07 bits per heavy atom. The van der Waals surface area contributed by atoms with Crippen molar-refractivity contribution >= 4 is 5.97 Å². The van der Waals surface area contributed by atoms with Gasteiger partial charge in [-0.2, -0.15) is 0 Å². The van der Waals surface area contributed by atoms with Crippen molar-refractivity contribution in [2.75, 3.05) is 35.5 Å². The van der Waals surface area contributed by atoms with E-state index in [2.05, 4.69) is 0 Å². The van der Waals surface area contributed by atoms with E-state index >= 15 is 0 Å². The maximum Gasteiger partial charge on any atom is 0.343 e. The number of hydrogen-bond acceptors (Lipinski definition) is 7. The molecule has 0 aromatic heterocycles. The molecule has 7 heteroatoms. The van der Waals surface area contributed by atoms with Crippen LogP contribution in [0.3, 0.4) is 0 Å². The van der Waals surface area contributed by atoms with E-state index in [-0.39, 0.29) is 0 Å². The van der Waals surface area contributed by atoms with Gasteiger partial charge in [-0.3, -0.25) is 0 Å². The van der Waals surface area contributed by atoms with Crippen molar-refractivity contribution in [2.45, 2.75) is 12.5 Å². The summed E-state index contributed by atoms with van der Waals surface area (Å²) >= 11 is 0. The van der Waals surface area contributed by atoms with E-state index in [4.69, 9.17) is 28.4 Å². The third-order valence-electron chi connectivity index (χ3n) is 4.53. The molecule has 0 amide bonds. The summed E-state index contributed by atoms with van der Waals surface area (Å²) in [6.07, 6.45) is -0.00289. The van der Waals surface area contributed by atoms with Crippen LogP contribution >= 0.6 is 0 Å². The number of rotatable bonds is 7. The average molecular weight is 374 g/mol. The van der Waals surface area contributed by atoms with Crippen LogP contribution in [0.25, 0.3) is 0 Å². The molecular weight excluding hydrogens is 352 g/mol. The molecule has 1 aliphatic heterocycles. The Kier molecular flexibility index (Phi) is 5.30. The molecule has 0 saturated carbocycles. The van der Waals surface area contributed by atoms with Crippen molar-refractivity contribution < 1.29 is 33.2 Å². The molecule has 0 N–H and O–H groups in total. The number of esters is 1. The molecule has 0 aliphatic carbocycles. The summed E-state index contributed by atoms with van der Waals surface area (Å²) in [5, 5.41) is 0. The molecule has 0 radical (unpaired) electrons. The van der Waals surface area contributed by atoms with E-state index in [9.17, 15) is 4.79 Å². The Morgan fingerprint density at radius 2 is 1.48 bits per heavy atom. The molecule has 27 heavy (non-hydrogen) atoms. The molecule has 144 valence electrons. The second kappa shape index (κ2) is 7.65. The second-order valence-corrected chi connectivity index (χ2v) is 5.90. The van der Waals surface area contributed by atoms with E-state index in [1.807, 2.05) is 18.2 Å². The smallest absolute Gasteiger partial charge is 0.343 e. The van der Waals surface area contributed by atoms with Gasteiger partial charge in [0.1, 0.15) is 11.7 Å². The summed E-state index contributed by atoms with van der Waals surface area (Å²) in [5.41, 5.74) is 2.00. The van der Waals surface area contributed by atoms with Gasteiger partial charge in [0.2, 0.25) is 5.75 Å². The topological polar surface area (TPSA) is 72.5 Å².